The highest BCUT2D eigenvalue weighted by molar-refractivity contribution is 5.40. The number of nitrogen functional groups attached to an aromatic ring is 1. The Morgan fingerprint density at radius 1 is 1.00 bits per heavy atom. The average Bonchev–Trinajstić information content (AvgIpc) is 2.34. The molecule has 0 saturated heterocycles. The van der Waals surface area contributed by atoms with Crippen molar-refractivity contribution in [1.29, 1.82) is 0 Å². The van der Waals surface area contributed by atoms with E-state index in [2.05, 4.69) is 13.8 Å². The van der Waals surface area contributed by atoms with Crippen LogP contribution >= 0.6 is 0 Å². The quantitative estimate of drug-likeness (QED) is 0.705. The van der Waals surface area contributed by atoms with Crippen molar-refractivity contribution in [1.82, 2.24) is 0 Å². The number of benzene rings is 1. The van der Waals surface area contributed by atoms with Crippen LogP contribution in [-0.2, 0) is 5.60 Å². The van der Waals surface area contributed by atoms with Crippen LogP contribution in [0.25, 0.3) is 0 Å². The van der Waals surface area contributed by atoms with Crippen LogP contribution in [0.1, 0.15) is 57.9 Å². The van der Waals surface area contributed by atoms with Crippen LogP contribution in [0.15, 0.2) is 24.3 Å². The summed E-state index contributed by atoms with van der Waals surface area (Å²) in [6.45, 7) is 4.31. The van der Waals surface area contributed by atoms with E-state index in [0.29, 0.717) is 0 Å². The second-order valence-corrected chi connectivity index (χ2v) is 4.86. The van der Waals surface area contributed by atoms with Gasteiger partial charge in [0.25, 0.3) is 0 Å². The van der Waals surface area contributed by atoms with Gasteiger partial charge >= 0.3 is 0 Å². The van der Waals surface area contributed by atoms with Crippen molar-refractivity contribution < 1.29 is 5.11 Å². The first-order valence-corrected chi connectivity index (χ1v) is 6.70. The van der Waals surface area contributed by atoms with E-state index in [0.717, 1.165) is 49.8 Å². The van der Waals surface area contributed by atoms with E-state index in [1.54, 1.807) is 0 Å². The van der Waals surface area contributed by atoms with Gasteiger partial charge in [0.2, 0.25) is 0 Å². The maximum absolute atomic E-state index is 10.8. The van der Waals surface area contributed by atoms with Crippen LogP contribution < -0.4 is 5.73 Å². The predicted octanol–water partition coefficient (Wildman–Crippen LogP) is 3.84. The second kappa shape index (κ2) is 6.65. The number of hydrogen-bond acceptors (Lipinski definition) is 2. The zero-order valence-electron chi connectivity index (χ0n) is 11.1. The van der Waals surface area contributed by atoms with Crippen LogP contribution in [0, 0.1) is 0 Å². The summed E-state index contributed by atoms with van der Waals surface area (Å²) < 4.78 is 0. The third kappa shape index (κ3) is 4.04. The molecule has 0 fully saturated rings. The average molecular weight is 235 g/mol. The van der Waals surface area contributed by atoms with E-state index in [1.165, 1.54) is 0 Å². The summed E-state index contributed by atoms with van der Waals surface area (Å²) in [6.07, 6.45) is 6.03. The molecule has 96 valence electrons. The second-order valence-electron chi connectivity index (χ2n) is 4.86. The van der Waals surface area contributed by atoms with E-state index in [1.807, 2.05) is 24.3 Å². The molecule has 0 aliphatic rings. The molecule has 17 heavy (non-hydrogen) atoms. The largest absolute Gasteiger partial charge is 0.399 e. The molecule has 0 amide bonds. The van der Waals surface area contributed by atoms with Gasteiger partial charge in [-0.05, 0) is 30.5 Å². The molecule has 0 heterocycles. The Balaban J connectivity index is 2.83. The standard InChI is InChI=1S/C15H25NO/c1-3-5-11-15(17,12-6-4-2)13-7-9-14(16)10-8-13/h7-10,17H,3-6,11-12,16H2,1-2H3. The number of aliphatic hydroxyl groups is 1. The molecule has 1 rings (SSSR count). The third-order valence-corrected chi connectivity index (χ3v) is 3.34. The van der Waals surface area contributed by atoms with Crippen molar-refractivity contribution in [3.05, 3.63) is 29.8 Å². The smallest absolute Gasteiger partial charge is 0.0896 e. The van der Waals surface area contributed by atoms with Gasteiger partial charge in [-0.1, -0.05) is 51.7 Å². The van der Waals surface area contributed by atoms with Gasteiger partial charge in [-0.2, -0.15) is 0 Å². The highest BCUT2D eigenvalue weighted by Gasteiger charge is 2.27. The molecule has 0 radical (unpaired) electrons. The van der Waals surface area contributed by atoms with E-state index >= 15 is 0 Å². The van der Waals surface area contributed by atoms with Gasteiger partial charge in [-0.25, -0.2) is 0 Å². The molecule has 0 spiro atoms. The van der Waals surface area contributed by atoms with Crippen LogP contribution in [0.2, 0.25) is 0 Å². The molecule has 3 N–H and O–H groups in total. The zero-order valence-corrected chi connectivity index (χ0v) is 11.1. The highest BCUT2D eigenvalue weighted by atomic mass is 16.3. The maximum Gasteiger partial charge on any atom is 0.0896 e. The Bertz CT molecular complexity index is 310. The molecule has 0 atom stereocenters. The summed E-state index contributed by atoms with van der Waals surface area (Å²) in [5.74, 6) is 0. The molecule has 0 saturated carbocycles. The molecule has 0 aliphatic heterocycles. The number of anilines is 1. The predicted molar refractivity (Wildman–Crippen MR) is 73.8 cm³/mol. The molecule has 1 aromatic rings. The van der Waals surface area contributed by atoms with Crippen LogP contribution in [0.5, 0.6) is 0 Å². The summed E-state index contributed by atoms with van der Waals surface area (Å²) >= 11 is 0. The Labute approximate surface area is 105 Å². The number of unbranched alkanes of at least 4 members (excludes halogenated alkanes) is 2. The van der Waals surface area contributed by atoms with Crippen molar-refractivity contribution in [3.8, 4) is 0 Å². The van der Waals surface area contributed by atoms with Crippen LogP contribution in [0.4, 0.5) is 5.69 Å². The van der Waals surface area contributed by atoms with Gasteiger partial charge in [0.05, 0.1) is 5.60 Å². The Morgan fingerprint density at radius 2 is 1.47 bits per heavy atom. The summed E-state index contributed by atoms with van der Waals surface area (Å²) in [4.78, 5) is 0. The molecule has 1 aromatic carbocycles. The van der Waals surface area contributed by atoms with Crippen molar-refractivity contribution in [2.75, 3.05) is 5.73 Å². The lowest BCUT2D eigenvalue weighted by Gasteiger charge is -2.29. The minimum Gasteiger partial charge on any atom is -0.399 e. The summed E-state index contributed by atoms with van der Waals surface area (Å²) in [6, 6.07) is 7.66. The van der Waals surface area contributed by atoms with Crippen molar-refractivity contribution in [2.24, 2.45) is 0 Å². The van der Waals surface area contributed by atoms with E-state index in [-0.39, 0.29) is 0 Å². The summed E-state index contributed by atoms with van der Waals surface area (Å²) in [5, 5.41) is 10.8. The number of nitrogens with two attached hydrogens (primary N) is 1. The molecule has 0 unspecified atom stereocenters. The highest BCUT2D eigenvalue weighted by Crippen LogP contribution is 2.32. The lowest BCUT2D eigenvalue weighted by atomic mass is 9.84. The summed E-state index contributed by atoms with van der Waals surface area (Å²) in [5.41, 5.74) is 6.78. The minimum atomic E-state index is -0.667. The first kappa shape index (κ1) is 14.0. The fourth-order valence-electron chi connectivity index (χ4n) is 2.15. The third-order valence-electron chi connectivity index (χ3n) is 3.34. The normalized spacial score (nSPS) is 11.7. The van der Waals surface area contributed by atoms with E-state index in [9.17, 15) is 5.11 Å². The fraction of sp³-hybridized carbons (Fsp3) is 0.600. The first-order valence-electron chi connectivity index (χ1n) is 6.70. The van der Waals surface area contributed by atoms with Crippen molar-refractivity contribution in [2.45, 2.75) is 58.0 Å². The molecular formula is C15H25NO. The molecule has 2 heteroatoms. The SMILES string of the molecule is CCCCC(O)(CCCC)c1ccc(N)cc1. The lowest BCUT2D eigenvalue weighted by molar-refractivity contribution is 0.0141. The molecule has 0 bridgehead atoms. The monoisotopic (exact) mass is 235 g/mol. The number of hydrogen-bond donors (Lipinski definition) is 2. The molecule has 0 aromatic heterocycles. The summed E-state index contributed by atoms with van der Waals surface area (Å²) in [7, 11) is 0. The topological polar surface area (TPSA) is 46.2 Å². The van der Waals surface area contributed by atoms with Gasteiger partial charge in [-0.15, -0.1) is 0 Å². The van der Waals surface area contributed by atoms with Crippen LogP contribution in [0.3, 0.4) is 0 Å². The Kier molecular flexibility index (Phi) is 5.49. The molecule has 0 aliphatic carbocycles. The van der Waals surface area contributed by atoms with Gasteiger partial charge in [0.1, 0.15) is 0 Å². The zero-order chi connectivity index (χ0) is 12.7. The molecule has 2 nitrogen and oxygen atoms in total. The van der Waals surface area contributed by atoms with Gasteiger partial charge in [-0.3, -0.25) is 0 Å². The van der Waals surface area contributed by atoms with Gasteiger partial charge in [0.15, 0.2) is 0 Å². The fourth-order valence-corrected chi connectivity index (χ4v) is 2.15. The van der Waals surface area contributed by atoms with Gasteiger partial charge < -0.3 is 10.8 Å². The van der Waals surface area contributed by atoms with Crippen molar-refractivity contribution in [3.63, 3.8) is 0 Å². The Hall–Kier alpha value is -1.02. The number of rotatable bonds is 7. The molecular weight excluding hydrogens is 210 g/mol. The maximum atomic E-state index is 10.8. The van der Waals surface area contributed by atoms with E-state index in [4.69, 9.17) is 5.73 Å². The van der Waals surface area contributed by atoms with Crippen LogP contribution in [-0.4, -0.2) is 5.11 Å². The minimum absolute atomic E-state index is 0.667. The van der Waals surface area contributed by atoms with E-state index < -0.39 is 5.60 Å². The van der Waals surface area contributed by atoms with Gasteiger partial charge in [0, 0.05) is 5.69 Å². The Morgan fingerprint density at radius 3 is 1.88 bits per heavy atom. The lowest BCUT2D eigenvalue weighted by Crippen LogP contribution is -2.25. The first-order chi connectivity index (χ1) is 8.12. The van der Waals surface area contributed by atoms with Crippen molar-refractivity contribution >= 4 is 5.69 Å².